The smallest absolute Gasteiger partial charge is 0.185 e. The Morgan fingerprint density at radius 1 is 1.38 bits per heavy atom. The van der Waals surface area contributed by atoms with Gasteiger partial charge in [-0.2, -0.15) is 0 Å². The van der Waals surface area contributed by atoms with Crippen LogP contribution in [0.15, 0.2) is 18.5 Å². The lowest BCUT2D eigenvalue weighted by molar-refractivity contribution is -0.226. The first-order valence-corrected chi connectivity index (χ1v) is 4.53. The predicted octanol–water partition coefficient (Wildman–Crippen LogP) is 2.09. The van der Waals surface area contributed by atoms with Gasteiger partial charge in [0, 0.05) is 23.4 Å². The number of H-pyrrole nitrogens is 1. The molecule has 0 radical (unpaired) electrons. The highest BCUT2D eigenvalue weighted by molar-refractivity contribution is 5.10. The molecule has 0 saturated carbocycles. The lowest BCUT2D eigenvalue weighted by atomic mass is 9.95. The molecule has 1 saturated heterocycles. The maximum Gasteiger partial charge on any atom is 0.185 e. The minimum atomic E-state index is -0.181. The van der Waals surface area contributed by atoms with E-state index in [1.807, 2.05) is 18.5 Å². The van der Waals surface area contributed by atoms with Gasteiger partial charge < -0.3 is 14.5 Å². The third kappa shape index (κ3) is 1.92. The normalized spacial score (nSPS) is 23.2. The molecule has 2 heterocycles. The van der Waals surface area contributed by atoms with Crippen molar-refractivity contribution in [1.29, 1.82) is 0 Å². The van der Waals surface area contributed by atoms with E-state index in [0.717, 1.165) is 18.8 Å². The van der Waals surface area contributed by atoms with Crippen molar-refractivity contribution in [3.05, 3.63) is 24.0 Å². The Morgan fingerprint density at radius 2 is 2.08 bits per heavy atom. The topological polar surface area (TPSA) is 34.2 Å². The van der Waals surface area contributed by atoms with Crippen LogP contribution in [0.2, 0.25) is 0 Å². The standard InChI is InChI=1S/C10H15NO2/c1-10(2)6-12-9(13-7-10)8-3-4-11-5-8/h3-5,9,11H,6-7H2,1-2H3. The third-order valence-corrected chi connectivity index (χ3v) is 2.15. The first kappa shape index (κ1) is 8.78. The summed E-state index contributed by atoms with van der Waals surface area (Å²) in [6.45, 7) is 5.78. The first-order valence-electron chi connectivity index (χ1n) is 4.53. The zero-order valence-electron chi connectivity index (χ0n) is 8.04. The van der Waals surface area contributed by atoms with Gasteiger partial charge in [0.15, 0.2) is 6.29 Å². The molecule has 1 aliphatic heterocycles. The maximum absolute atomic E-state index is 5.60. The molecule has 0 aromatic carbocycles. The van der Waals surface area contributed by atoms with Crippen molar-refractivity contribution in [3.8, 4) is 0 Å². The molecule has 0 atom stereocenters. The van der Waals surface area contributed by atoms with E-state index in [2.05, 4.69) is 18.8 Å². The Balaban J connectivity index is 1.99. The Hall–Kier alpha value is -0.800. The van der Waals surface area contributed by atoms with Gasteiger partial charge in [-0.05, 0) is 6.07 Å². The van der Waals surface area contributed by atoms with Gasteiger partial charge in [-0.25, -0.2) is 0 Å². The third-order valence-electron chi connectivity index (χ3n) is 2.15. The van der Waals surface area contributed by atoms with E-state index in [1.54, 1.807) is 0 Å². The average molecular weight is 181 g/mol. The highest BCUT2D eigenvalue weighted by Gasteiger charge is 2.29. The molecule has 2 rings (SSSR count). The molecule has 1 aliphatic rings. The van der Waals surface area contributed by atoms with E-state index in [4.69, 9.17) is 9.47 Å². The van der Waals surface area contributed by atoms with Gasteiger partial charge in [0.2, 0.25) is 0 Å². The predicted molar refractivity (Wildman–Crippen MR) is 49.2 cm³/mol. The Bertz CT molecular complexity index is 256. The summed E-state index contributed by atoms with van der Waals surface area (Å²) < 4.78 is 11.2. The maximum atomic E-state index is 5.60. The Morgan fingerprint density at radius 3 is 2.62 bits per heavy atom. The van der Waals surface area contributed by atoms with Crippen LogP contribution in [-0.2, 0) is 9.47 Å². The fourth-order valence-electron chi connectivity index (χ4n) is 1.37. The molecule has 1 N–H and O–H groups in total. The second kappa shape index (κ2) is 3.16. The molecule has 0 aliphatic carbocycles. The summed E-state index contributed by atoms with van der Waals surface area (Å²) >= 11 is 0. The number of hydrogen-bond donors (Lipinski definition) is 1. The monoisotopic (exact) mass is 181 g/mol. The van der Waals surface area contributed by atoms with Gasteiger partial charge in [0.25, 0.3) is 0 Å². The fourth-order valence-corrected chi connectivity index (χ4v) is 1.37. The summed E-state index contributed by atoms with van der Waals surface area (Å²) in [4.78, 5) is 2.99. The Labute approximate surface area is 78.1 Å². The number of aromatic amines is 1. The summed E-state index contributed by atoms with van der Waals surface area (Å²) in [5.41, 5.74) is 1.21. The van der Waals surface area contributed by atoms with Crippen LogP contribution in [0.5, 0.6) is 0 Å². The summed E-state index contributed by atoms with van der Waals surface area (Å²) in [6, 6.07) is 1.98. The first-order chi connectivity index (χ1) is 6.17. The van der Waals surface area contributed by atoms with Crippen LogP contribution >= 0.6 is 0 Å². The molecular weight excluding hydrogens is 166 g/mol. The van der Waals surface area contributed by atoms with Crippen molar-refractivity contribution in [2.45, 2.75) is 20.1 Å². The molecule has 0 bridgehead atoms. The van der Waals surface area contributed by atoms with E-state index in [9.17, 15) is 0 Å². The molecular formula is C10H15NO2. The largest absolute Gasteiger partial charge is 0.367 e. The second-order valence-corrected chi connectivity index (χ2v) is 4.26. The van der Waals surface area contributed by atoms with Crippen LogP contribution in [-0.4, -0.2) is 18.2 Å². The van der Waals surface area contributed by atoms with Gasteiger partial charge in [-0.3, -0.25) is 0 Å². The molecule has 1 aromatic rings. The fraction of sp³-hybridized carbons (Fsp3) is 0.600. The molecule has 1 aromatic heterocycles. The van der Waals surface area contributed by atoms with Gasteiger partial charge in [-0.1, -0.05) is 13.8 Å². The molecule has 0 unspecified atom stereocenters. The SMILES string of the molecule is CC1(C)COC(c2cc[nH]c2)OC1. The van der Waals surface area contributed by atoms with E-state index in [0.29, 0.717) is 0 Å². The van der Waals surface area contributed by atoms with E-state index in [1.165, 1.54) is 0 Å². The number of hydrogen-bond acceptors (Lipinski definition) is 2. The van der Waals surface area contributed by atoms with E-state index in [-0.39, 0.29) is 11.7 Å². The molecule has 0 amide bonds. The number of aromatic nitrogens is 1. The van der Waals surface area contributed by atoms with Crippen LogP contribution in [0, 0.1) is 5.41 Å². The van der Waals surface area contributed by atoms with Gasteiger partial charge >= 0.3 is 0 Å². The zero-order valence-corrected chi connectivity index (χ0v) is 8.04. The van der Waals surface area contributed by atoms with Gasteiger partial charge in [0.05, 0.1) is 13.2 Å². The van der Waals surface area contributed by atoms with Gasteiger partial charge in [0.1, 0.15) is 0 Å². The van der Waals surface area contributed by atoms with Crippen LogP contribution in [0.4, 0.5) is 0 Å². The highest BCUT2D eigenvalue weighted by Crippen LogP contribution is 2.30. The van der Waals surface area contributed by atoms with Crippen molar-refractivity contribution in [2.75, 3.05) is 13.2 Å². The van der Waals surface area contributed by atoms with Crippen molar-refractivity contribution < 1.29 is 9.47 Å². The lowest BCUT2D eigenvalue weighted by Gasteiger charge is -2.34. The van der Waals surface area contributed by atoms with E-state index < -0.39 is 0 Å². The van der Waals surface area contributed by atoms with Crippen LogP contribution in [0.25, 0.3) is 0 Å². The summed E-state index contributed by atoms with van der Waals surface area (Å²) in [6.07, 6.45) is 3.60. The molecule has 3 heteroatoms. The van der Waals surface area contributed by atoms with Crippen molar-refractivity contribution in [2.24, 2.45) is 5.41 Å². The number of rotatable bonds is 1. The quantitative estimate of drug-likeness (QED) is 0.719. The second-order valence-electron chi connectivity index (χ2n) is 4.26. The summed E-state index contributed by atoms with van der Waals surface area (Å²) in [7, 11) is 0. The van der Waals surface area contributed by atoms with Crippen molar-refractivity contribution in [1.82, 2.24) is 4.98 Å². The summed E-state index contributed by atoms with van der Waals surface area (Å²) in [5, 5.41) is 0. The van der Waals surface area contributed by atoms with Gasteiger partial charge in [-0.15, -0.1) is 0 Å². The van der Waals surface area contributed by atoms with Crippen LogP contribution in [0.3, 0.4) is 0 Å². The number of nitrogens with one attached hydrogen (secondary N) is 1. The van der Waals surface area contributed by atoms with E-state index >= 15 is 0 Å². The number of ether oxygens (including phenoxy) is 2. The zero-order chi connectivity index (χ0) is 9.31. The molecule has 1 fully saturated rings. The summed E-state index contributed by atoms with van der Waals surface area (Å²) in [5.74, 6) is 0. The Kier molecular flexibility index (Phi) is 2.14. The highest BCUT2D eigenvalue weighted by atomic mass is 16.7. The van der Waals surface area contributed by atoms with Crippen LogP contribution in [0.1, 0.15) is 25.7 Å². The van der Waals surface area contributed by atoms with Crippen LogP contribution < -0.4 is 0 Å². The minimum Gasteiger partial charge on any atom is -0.367 e. The molecule has 0 spiro atoms. The van der Waals surface area contributed by atoms with Crippen molar-refractivity contribution >= 4 is 0 Å². The van der Waals surface area contributed by atoms with Crippen molar-refractivity contribution in [3.63, 3.8) is 0 Å². The minimum absolute atomic E-state index is 0.146. The average Bonchev–Trinajstić information content (AvgIpc) is 2.56. The molecule has 13 heavy (non-hydrogen) atoms. The molecule has 72 valence electrons. The molecule has 3 nitrogen and oxygen atoms in total. The lowest BCUT2D eigenvalue weighted by Crippen LogP contribution is -2.33.